The van der Waals surface area contributed by atoms with E-state index in [1.54, 1.807) is 18.3 Å². The van der Waals surface area contributed by atoms with Gasteiger partial charge in [-0.1, -0.05) is 11.8 Å². The predicted molar refractivity (Wildman–Crippen MR) is 500 cm³/mol. The lowest BCUT2D eigenvalue weighted by Crippen LogP contribution is -2.32. The first-order chi connectivity index (χ1) is 56.5. The second-order valence-corrected chi connectivity index (χ2v) is 58.4. The SMILES string of the molecule is C=P(C)(C)CC[C@H]1OC(n2c(=S)[nH]c3c(N)ncnc32)[C@H](O)[C@@H]1O.C=P(C)(C)CC[C@H]1OC(n2c(Br)nc3c(N)ncnc32)[C@H](O)[C@@H]1O.C=P(C)(C)CC[C@H]1OC(n2c(Cl)nc3c(N)ncnc32)[C@H](O)[C@@H]1O.C=P(C)(C)CC[C@H]1OC(n2c(I)nc3c(N)ncnc32)[C@H](O)[C@@H]1O.C=P(C)(C)CC[C@H]1OC(n2c(SC)nc3c(N)ncnc32)[C@H](O)[C@@H]1O. The molecule has 0 saturated carbocycles. The number of nitrogens with zero attached hydrogens (tertiary/aromatic N) is 19. The number of imidazole rings is 5. The number of halogens is 3. The van der Waals surface area contributed by atoms with Gasteiger partial charge in [0.15, 0.2) is 129 Å². The van der Waals surface area contributed by atoms with Crippen LogP contribution in [-0.2, 0) is 23.7 Å². The average molecular weight is 2010 g/mol. The molecular formula is C71H109BrClIN25O15P5S2. The largest absolute Gasteiger partial charge is 0.388 e. The average Bonchev–Trinajstić information content (AvgIpc) is 1.63. The van der Waals surface area contributed by atoms with Crippen LogP contribution in [0.1, 0.15) is 63.2 Å². The summed E-state index contributed by atoms with van der Waals surface area (Å²) in [6, 6.07) is 0. The summed E-state index contributed by atoms with van der Waals surface area (Å²) in [4.78, 5) is 60.6. The smallest absolute Gasteiger partial charge is 0.207 e. The van der Waals surface area contributed by atoms with Crippen molar-refractivity contribution in [2.24, 2.45) is 0 Å². The van der Waals surface area contributed by atoms with E-state index < -0.39 is 157 Å². The van der Waals surface area contributed by atoms with Crippen LogP contribution in [0.5, 0.6) is 0 Å². The molecule has 15 rings (SSSR count). The fourth-order valence-electron chi connectivity index (χ4n) is 14.1. The van der Waals surface area contributed by atoms with Crippen LogP contribution in [0.25, 0.3) is 55.8 Å². The molecule has 5 fully saturated rings. The van der Waals surface area contributed by atoms with Gasteiger partial charge in [0.1, 0.15) is 98.2 Å². The Morgan fingerprint density at radius 2 is 0.678 bits per heavy atom. The van der Waals surface area contributed by atoms with Crippen molar-refractivity contribution >= 4 is 225 Å². The van der Waals surface area contributed by atoms with Crippen LogP contribution in [0.15, 0.2) is 41.5 Å². The first-order valence-electron chi connectivity index (χ1n) is 38.1. The summed E-state index contributed by atoms with van der Waals surface area (Å²) in [6.07, 6.45) is 20.1. The Labute approximate surface area is 734 Å². The third-order valence-electron chi connectivity index (χ3n) is 20.6. The Morgan fingerprint density at radius 3 is 1.03 bits per heavy atom. The highest BCUT2D eigenvalue weighted by Gasteiger charge is 2.50. The fourth-order valence-corrected chi connectivity index (χ4v) is 21.3. The second kappa shape index (κ2) is 38.7. The van der Waals surface area contributed by atoms with Crippen LogP contribution in [0.4, 0.5) is 29.1 Å². The third kappa shape index (κ3) is 22.1. The van der Waals surface area contributed by atoms with Gasteiger partial charge in [-0.25, -0.2) is 69.8 Å². The molecule has 50 heteroatoms. The van der Waals surface area contributed by atoms with Gasteiger partial charge in [-0.05, 0) is 176 Å². The Morgan fingerprint density at radius 1 is 0.405 bits per heavy atom. The zero-order chi connectivity index (χ0) is 88.9. The molecule has 5 unspecified atom stereocenters. The predicted octanol–water partition coefficient (Wildman–Crippen LogP) is 4.04. The van der Waals surface area contributed by atoms with Gasteiger partial charge in [-0.15, -0.1) is 65.9 Å². The summed E-state index contributed by atoms with van der Waals surface area (Å²) in [5.41, 5.74) is 33.5. The van der Waals surface area contributed by atoms with Crippen LogP contribution >= 0.6 is 109 Å². The van der Waals surface area contributed by atoms with Gasteiger partial charge in [-0.3, -0.25) is 22.8 Å². The number of hydrogen-bond acceptors (Lipinski definition) is 36. The number of hydrogen-bond donors (Lipinski definition) is 16. The number of aliphatic hydroxyl groups excluding tert-OH is 10. The summed E-state index contributed by atoms with van der Waals surface area (Å²) in [5, 5.41) is 105. The molecule has 0 amide bonds. The van der Waals surface area contributed by atoms with Gasteiger partial charge in [0.05, 0.1) is 30.5 Å². The topological polar surface area (TPSA) is 599 Å². The molecule has 5 aliphatic heterocycles. The number of thioether (sulfide) groups is 1. The Kier molecular flexibility index (Phi) is 30.8. The molecule has 0 spiro atoms. The molecule has 21 N–H and O–H groups in total. The maximum Gasteiger partial charge on any atom is 0.207 e. The van der Waals surface area contributed by atoms with Crippen molar-refractivity contribution in [3.63, 3.8) is 0 Å². The molecule has 40 nitrogen and oxygen atoms in total. The monoisotopic (exact) mass is 2010 g/mol. The summed E-state index contributed by atoms with van der Waals surface area (Å²) < 4.78 is 38.9. The molecule has 5 saturated heterocycles. The minimum Gasteiger partial charge on any atom is -0.388 e. The van der Waals surface area contributed by atoms with Crippen LogP contribution in [-0.4, -0.2) is 375 Å². The lowest BCUT2D eigenvalue weighted by Gasteiger charge is -2.19. The van der Waals surface area contributed by atoms with E-state index in [1.165, 1.54) is 48.0 Å². The van der Waals surface area contributed by atoms with Crippen LogP contribution in [0.3, 0.4) is 0 Å². The van der Waals surface area contributed by atoms with Crippen molar-refractivity contribution in [1.82, 2.24) is 97.6 Å². The number of H-pyrrole nitrogens is 1. The van der Waals surface area contributed by atoms with Crippen LogP contribution in [0.2, 0.25) is 5.28 Å². The van der Waals surface area contributed by atoms with E-state index in [2.05, 4.69) is 189 Å². The lowest BCUT2D eigenvalue weighted by molar-refractivity contribution is -0.0400. The highest BCUT2D eigenvalue weighted by Crippen LogP contribution is 2.47. The molecule has 5 aliphatic rings. The number of nitrogens with one attached hydrogen (secondary N) is 1. The molecule has 0 aliphatic carbocycles. The van der Waals surface area contributed by atoms with Gasteiger partial charge in [0, 0.05) is 22.6 Å². The number of fused-ring (bicyclic) bond motifs is 5. The lowest BCUT2D eigenvalue weighted by atomic mass is 10.1. The summed E-state index contributed by atoms with van der Waals surface area (Å²) in [5.74, 6) is 1.23. The molecule has 0 bridgehead atoms. The maximum absolute atomic E-state index is 10.6. The Hall–Kier alpha value is -5.28. The molecule has 10 aromatic rings. The summed E-state index contributed by atoms with van der Waals surface area (Å²) in [6.45, 7) is 15.1. The van der Waals surface area contributed by atoms with Gasteiger partial charge < -0.3 is 108 Å². The number of rotatable bonds is 21. The molecule has 0 radical (unpaired) electrons. The van der Waals surface area contributed by atoms with Crippen molar-refractivity contribution < 1.29 is 74.7 Å². The first kappa shape index (κ1) is 96.4. The molecular weight excluding hydrogens is 1900 g/mol. The van der Waals surface area contributed by atoms with E-state index in [0.717, 1.165) is 30.8 Å². The number of aliphatic hydroxyl groups is 10. The van der Waals surface area contributed by atoms with E-state index >= 15 is 0 Å². The normalized spacial score (nSPS) is 27.7. The maximum atomic E-state index is 10.6. The van der Waals surface area contributed by atoms with Crippen LogP contribution in [0, 0.1) is 8.60 Å². The molecule has 15 heterocycles. The zero-order valence-corrected chi connectivity index (χ0v) is 79.2. The van der Waals surface area contributed by atoms with E-state index in [9.17, 15) is 51.1 Å². The van der Waals surface area contributed by atoms with Crippen molar-refractivity contribution in [2.45, 2.75) is 160 Å². The Balaban J connectivity index is 0.000000148. The number of aromatic amines is 1. The quantitative estimate of drug-likeness (QED) is 0.0159. The van der Waals surface area contributed by atoms with Gasteiger partial charge in [0.2, 0.25) is 5.28 Å². The van der Waals surface area contributed by atoms with E-state index in [0.29, 0.717) is 106 Å². The van der Waals surface area contributed by atoms with Gasteiger partial charge in [-0.2, -0.15) is 0 Å². The fraction of sp³-hybridized carbons (Fsp3) is 0.577. The van der Waals surface area contributed by atoms with Gasteiger partial charge in [0.25, 0.3) is 0 Å². The third-order valence-corrected chi connectivity index (χ3v) is 30.5. The summed E-state index contributed by atoms with van der Waals surface area (Å²) in [7, 11) is 0. The standard InChI is InChI=1S/C15H24N5O3PS.C14H21BrN5O3P.C14H21ClN5O3P.C14H21IN5O3P.C14H22N5O3PS/c1-24(2,3)6-5-8-10(21)11(22)14(23-8)20-13-9(19-15(20)25-4)12(16)17-7-18-13;3*1-24(2,3)5-4-7-9(21)10(22)13(23-7)20-12-8(19-14(20)15)11(16)17-6-18-12;1-23(2,3)5-4-7-9(20)10(21)13(22-7)19-12-8(18-14(19)24)11(15)16-6-17-12/h7-8,10-11,14,21-22H,1,5-6H2,2-4H3,(H2,16,17,18);3*6-7,9-10,13,21-22H,1,4-5H2,2-3H3,(H2,16,17,18);6-7,9-10,13,20-21H,1,4-5H2,2-3H3,(H,18,24)(H2,15,16,17)/t8-,10-,11-,14?;4*7-,9-,10-,13?/m11111/s1. The minimum atomic E-state index is -1.25. The second-order valence-electron chi connectivity index (χ2n) is 33.7. The molecule has 666 valence electrons. The van der Waals surface area contributed by atoms with Crippen LogP contribution < -0.4 is 28.7 Å². The minimum absolute atomic E-state index is 0.0686. The van der Waals surface area contributed by atoms with E-state index in [1.807, 2.05) is 28.8 Å². The van der Waals surface area contributed by atoms with Crippen molar-refractivity contribution in [2.75, 3.05) is 132 Å². The number of ether oxygens (including phenoxy) is 5. The molecule has 20 atom stereocenters. The van der Waals surface area contributed by atoms with E-state index in [4.69, 9.17) is 76.2 Å². The molecule has 0 aromatic carbocycles. The number of nitrogen functional groups attached to an aromatic ring is 5. The number of anilines is 5. The molecule has 10 aromatic heterocycles. The van der Waals surface area contributed by atoms with Gasteiger partial charge >= 0.3 is 0 Å². The van der Waals surface area contributed by atoms with Crippen molar-refractivity contribution in [3.8, 4) is 0 Å². The van der Waals surface area contributed by atoms with Crippen molar-refractivity contribution in [1.29, 1.82) is 0 Å². The zero-order valence-electron chi connectivity index (χ0n) is 68.6. The molecule has 121 heavy (non-hydrogen) atoms. The first-order valence-corrected chi connectivity index (χ1v) is 57.2. The van der Waals surface area contributed by atoms with Crippen molar-refractivity contribution in [3.05, 3.63) is 50.3 Å². The Bertz CT molecular complexity index is 5370. The highest BCUT2D eigenvalue weighted by molar-refractivity contribution is 14.1. The van der Waals surface area contributed by atoms with E-state index in [-0.39, 0.29) is 34.4 Å². The number of aromatic nitrogens is 20. The number of nitrogens with two attached hydrogens (primary N) is 5. The summed E-state index contributed by atoms with van der Waals surface area (Å²) >= 11 is 18.3. The highest BCUT2D eigenvalue weighted by atomic mass is 127.